The standard InChI is InChI=1S/C13H27N3O3S/c1-3-14-10-12-6-4-5-7-16(12)20(17,18)15-11-8-13(9-11)19-2/h11-15H,3-10H2,1-2H3. The fourth-order valence-electron chi connectivity index (χ4n) is 2.94. The second kappa shape index (κ2) is 7.17. The fourth-order valence-corrected chi connectivity index (χ4v) is 4.63. The zero-order valence-corrected chi connectivity index (χ0v) is 13.3. The molecule has 0 aromatic rings. The lowest BCUT2D eigenvalue weighted by atomic mass is 9.90. The van der Waals surface area contributed by atoms with Crippen molar-refractivity contribution in [2.24, 2.45) is 0 Å². The first-order valence-electron chi connectivity index (χ1n) is 7.59. The quantitative estimate of drug-likeness (QED) is 0.717. The van der Waals surface area contributed by atoms with Crippen molar-refractivity contribution in [1.29, 1.82) is 0 Å². The predicted octanol–water partition coefficient (Wildman–Crippen LogP) is 0.462. The number of rotatable bonds is 7. The van der Waals surface area contributed by atoms with Crippen molar-refractivity contribution in [1.82, 2.24) is 14.3 Å². The number of ether oxygens (including phenoxy) is 1. The van der Waals surface area contributed by atoms with Gasteiger partial charge in [-0.15, -0.1) is 0 Å². The Bertz CT molecular complexity index is 396. The highest BCUT2D eigenvalue weighted by Gasteiger charge is 2.37. The lowest BCUT2D eigenvalue weighted by molar-refractivity contribution is 0.0230. The largest absolute Gasteiger partial charge is 0.381 e. The van der Waals surface area contributed by atoms with Crippen LogP contribution in [0.4, 0.5) is 0 Å². The average Bonchev–Trinajstić information content (AvgIpc) is 2.40. The predicted molar refractivity (Wildman–Crippen MR) is 78.8 cm³/mol. The average molecular weight is 305 g/mol. The zero-order valence-electron chi connectivity index (χ0n) is 12.5. The summed E-state index contributed by atoms with van der Waals surface area (Å²) in [6, 6.07) is 0.117. The first-order valence-corrected chi connectivity index (χ1v) is 9.03. The van der Waals surface area contributed by atoms with Crippen molar-refractivity contribution < 1.29 is 13.2 Å². The molecule has 1 atom stereocenters. The minimum Gasteiger partial charge on any atom is -0.381 e. The lowest BCUT2D eigenvalue weighted by Crippen LogP contribution is -2.57. The van der Waals surface area contributed by atoms with Crippen LogP contribution in [0, 0.1) is 0 Å². The molecule has 1 saturated carbocycles. The van der Waals surface area contributed by atoms with Gasteiger partial charge in [-0.1, -0.05) is 13.3 Å². The van der Waals surface area contributed by atoms with Crippen LogP contribution in [0.5, 0.6) is 0 Å². The van der Waals surface area contributed by atoms with Gasteiger partial charge in [0.15, 0.2) is 0 Å². The molecule has 0 spiro atoms. The molecule has 1 heterocycles. The van der Waals surface area contributed by atoms with Crippen LogP contribution in [0.2, 0.25) is 0 Å². The van der Waals surface area contributed by atoms with E-state index in [2.05, 4.69) is 10.0 Å². The minimum absolute atomic E-state index is 0.0339. The van der Waals surface area contributed by atoms with E-state index < -0.39 is 10.2 Å². The molecule has 1 saturated heterocycles. The fraction of sp³-hybridized carbons (Fsp3) is 1.00. The molecule has 0 aromatic carbocycles. The number of nitrogens with zero attached hydrogens (tertiary/aromatic N) is 1. The smallest absolute Gasteiger partial charge is 0.279 e. The highest BCUT2D eigenvalue weighted by molar-refractivity contribution is 7.87. The van der Waals surface area contributed by atoms with Gasteiger partial charge >= 0.3 is 0 Å². The Kier molecular flexibility index (Phi) is 5.80. The van der Waals surface area contributed by atoms with E-state index in [9.17, 15) is 8.42 Å². The van der Waals surface area contributed by atoms with Crippen LogP contribution in [0.15, 0.2) is 0 Å². The van der Waals surface area contributed by atoms with E-state index in [0.717, 1.165) is 45.2 Å². The molecule has 20 heavy (non-hydrogen) atoms. The summed E-state index contributed by atoms with van der Waals surface area (Å²) in [4.78, 5) is 0. The first kappa shape index (κ1) is 16.2. The molecule has 0 bridgehead atoms. The van der Waals surface area contributed by atoms with E-state index in [1.54, 1.807) is 11.4 Å². The van der Waals surface area contributed by atoms with Crippen LogP contribution in [-0.2, 0) is 14.9 Å². The summed E-state index contributed by atoms with van der Waals surface area (Å²) >= 11 is 0. The lowest BCUT2D eigenvalue weighted by Gasteiger charge is -2.39. The second-order valence-electron chi connectivity index (χ2n) is 5.72. The summed E-state index contributed by atoms with van der Waals surface area (Å²) in [6.45, 7) is 4.28. The first-order chi connectivity index (χ1) is 9.56. The van der Waals surface area contributed by atoms with Crippen molar-refractivity contribution in [2.75, 3.05) is 26.7 Å². The Morgan fingerprint density at radius 1 is 1.30 bits per heavy atom. The maximum absolute atomic E-state index is 12.5. The monoisotopic (exact) mass is 305 g/mol. The Labute approximate surface area is 122 Å². The maximum atomic E-state index is 12.5. The second-order valence-corrected chi connectivity index (χ2v) is 7.37. The van der Waals surface area contributed by atoms with Gasteiger partial charge in [0.1, 0.15) is 0 Å². The van der Waals surface area contributed by atoms with E-state index in [0.29, 0.717) is 6.54 Å². The minimum atomic E-state index is -3.37. The van der Waals surface area contributed by atoms with Gasteiger partial charge in [-0.05, 0) is 32.2 Å². The van der Waals surface area contributed by atoms with Gasteiger partial charge in [0.25, 0.3) is 10.2 Å². The third kappa shape index (κ3) is 3.92. The van der Waals surface area contributed by atoms with E-state index in [4.69, 9.17) is 4.74 Å². The van der Waals surface area contributed by atoms with Crippen LogP contribution >= 0.6 is 0 Å². The molecule has 2 fully saturated rings. The summed E-state index contributed by atoms with van der Waals surface area (Å²) in [7, 11) is -1.69. The van der Waals surface area contributed by atoms with E-state index in [1.165, 1.54) is 0 Å². The molecule has 2 aliphatic rings. The third-order valence-corrected chi connectivity index (χ3v) is 5.98. The maximum Gasteiger partial charge on any atom is 0.279 e. The summed E-state index contributed by atoms with van der Waals surface area (Å²) in [5.41, 5.74) is 0. The molecule has 2 rings (SSSR count). The van der Waals surface area contributed by atoms with Gasteiger partial charge in [0.2, 0.25) is 0 Å². The summed E-state index contributed by atoms with van der Waals surface area (Å²) in [6.07, 6.45) is 4.77. The summed E-state index contributed by atoms with van der Waals surface area (Å²) in [5.74, 6) is 0. The number of methoxy groups -OCH3 is 1. The van der Waals surface area contributed by atoms with Gasteiger partial charge in [0, 0.05) is 32.3 Å². The van der Waals surface area contributed by atoms with E-state index in [-0.39, 0.29) is 18.2 Å². The van der Waals surface area contributed by atoms with Crippen LogP contribution < -0.4 is 10.0 Å². The zero-order chi connectivity index (χ0) is 14.6. The van der Waals surface area contributed by atoms with E-state index in [1.807, 2.05) is 6.92 Å². The summed E-state index contributed by atoms with van der Waals surface area (Å²) in [5, 5.41) is 3.26. The van der Waals surface area contributed by atoms with Crippen LogP contribution in [0.1, 0.15) is 39.0 Å². The summed E-state index contributed by atoms with van der Waals surface area (Å²) < 4.78 is 34.7. The SMILES string of the molecule is CCNCC1CCCCN1S(=O)(=O)NC1CC(OC)C1. The van der Waals surface area contributed by atoms with Crippen molar-refractivity contribution in [3.05, 3.63) is 0 Å². The number of nitrogens with one attached hydrogen (secondary N) is 2. The molecule has 0 amide bonds. The van der Waals surface area contributed by atoms with Gasteiger partial charge in [0.05, 0.1) is 6.10 Å². The molecular weight excluding hydrogens is 278 g/mol. The number of likely N-dealkylation sites (N-methyl/N-ethyl adjacent to an activating group) is 1. The Morgan fingerprint density at radius 3 is 2.70 bits per heavy atom. The van der Waals surface area contributed by atoms with E-state index >= 15 is 0 Å². The molecule has 118 valence electrons. The number of hydrogen-bond donors (Lipinski definition) is 2. The Balaban J connectivity index is 1.92. The molecular formula is C13H27N3O3S. The van der Waals surface area contributed by atoms with Crippen molar-refractivity contribution in [3.8, 4) is 0 Å². The molecule has 0 radical (unpaired) electrons. The van der Waals surface area contributed by atoms with Crippen LogP contribution in [0.3, 0.4) is 0 Å². The van der Waals surface area contributed by atoms with Crippen LogP contribution in [-0.4, -0.2) is 57.7 Å². The molecule has 7 heteroatoms. The Hall–Kier alpha value is -0.210. The normalized spacial score (nSPS) is 32.0. The van der Waals surface area contributed by atoms with Crippen molar-refractivity contribution in [3.63, 3.8) is 0 Å². The molecule has 1 unspecified atom stereocenters. The topological polar surface area (TPSA) is 70.7 Å². The van der Waals surface area contributed by atoms with Gasteiger partial charge < -0.3 is 10.1 Å². The number of piperidine rings is 1. The highest BCUT2D eigenvalue weighted by Crippen LogP contribution is 2.25. The molecule has 6 nitrogen and oxygen atoms in total. The van der Waals surface area contributed by atoms with Crippen molar-refractivity contribution in [2.45, 2.75) is 57.2 Å². The molecule has 0 aromatic heterocycles. The van der Waals surface area contributed by atoms with Crippen molar-refractivity contribution >= 4 is 10.2 Å². The van der Waals surface area contributed by atoms with Gasteiger partial charge in [-0.25, -0.2) is 0 Å². The molecule has 2 N–H and O–H groups in total. The Morgan fingerprint density at radius 2 is 2.05 bits per heavy atom. The third-order valence-electron chi connectivity index (χ3n) is 4.26. The van der Waals surface area contributed by atoms with Gasteiger partial charge in [-0.2, -0.15) is 17.4 Å². The molecule has 1 aliphatic heterocycles. The van der Waals surface area contributed by atoms with Crippen LogP contribution in [0.25, 0.3) is 0 Å². The highest BCUT2D eigenvalue weighted by atomic mass is 32.2. The number of hydrogen-bond acceptors (Lipinski definition) is 4. The van der Waals surface area contributed by atoms with Gasteiger partial charge in [-0.3, -0.25) is 0 Å². The molecule has 1 aliphatic carbocycles.